The molecular formula is C23H26N2O2. The fraction of sp³-hybridized carbons (Fsp3) is 0.304. The number of pyridine rings is 1. The minimum atomic E-state index is -0.0873. The van der Waals surface area contributed by atoms with Crippen LogP contribution in [0.1, 0.15) is 31.9 Å². The predicted molar refractivity (Wildman–Crippen MR) is 111 cm³/mol. The van der Waals surface area contributed by atoms with Gasteiger partial charge in [0.1, 0.15) is 0 Å². The molecule has 3 aromatic rings. The van der Waals surface area contributed by atoms with Crippen LogP contribution in [-0.4, -0.2) is 10.5 Å². The van der Waals surface area contributed by atoms with Crippen LogP contribution in [0.25, 0.3) is 10.8 Å². The van der Waals surface area contributed by atoms with E-state index in [9.17, 15) is 9.59 Å². The molecule has 4 heteroatoms. The van der Waals surface area contributed by atoms with E-state index in [1.165, 1.54) is 0 Å². The van der Waals surface area contributed by atoms with Crippen molar-refractivity contribution in [3.8, 4) is 0 Å². The molecule has 140 valence electrons. The molecule has 4 nitrogen and oxygen atoms in total. The molecule has 27 heavy (non-hydrogen) atoms. The number of aryl methyl sites for hydroxylation is 1. The first-order chi connectivity index (χ1) is 12.7. The van der Waals surface area contributed by atoms with Gasteiger partial charge in [-0.25, -0.2) is 0 Å². The highest BCUT2D eigenvalue weighted by molar-refractivity contribution is 6.02. The molecule has 1 heterocycles. The molecule has 0 unspecified atom stereocenters. The third-order valence-electron chi connectivity index (χ3n) is 4.55. The van der Waals surface area contributed by atoms with Crippen molar-refractivity contribution in [3.05, 3.63) is 76.2 Å². The molecule has 0 aliphatic heterocycles. The summed E-state index contributed by atoms with van der Waals surface area (Å²) < 4.78 is 1.74. The monoisotopic (exact) mass is 362 g/mol. The Labute approximate surface area is 159 Å². The minimum absolute atomic E-state index is 0.0108. The van der Waals surface area contributed by atoms with Crippen molar-refractivity contribution in [2.75, 3.05) is 5.32 Å². The number of nitrogens with zero attached hydrogens (tertiary/aromatic N) is 1. The quantitative estimate of drug-likeness (QED) is 0.741. The lowest BCUT2D eigenvalue weighted by Crippen LogP contribution is -2.26. The van der Waals surface area contributed by atoms with Gasteiger partial charge in [0, 0.05) is 29.2 Å². The van der Waals surface area contributed by atoms with Gasteiger partial charge < -0.3 is 9.88 Å². The van der Waals surface area contributed by atoms with Gasteiger partial charge in [0.05, 0.1) is 6.42 Å². The Balaban J connectivity index is 1.89. The Morgan fingerprint density at radius 1 is 1.00 bits per heavy atom. The van der Waals surface area contributed by atoms with Crippen LogP contribution in [0.3, 0.4) is 0 Å². The van der Waals surface area contributed by atoms with E-state index < -0.39 is 0 Å². The maximum Gasteiger partial charge on any atom is 0.258 e. The third kappa shape index (κ3) is 4.45. The molecule has 0 fully saturated rings. The number of aromatic nitrogens is 1. The molecule has 0 radical (unpaired) electrons. The number of fused-ring (bicyclic) bond motifs is 1. The Morgan fingerprint density at radius 2 is 1.74 bits per heavy atom. The van der Waals surface area contributed by atoms with Crippen LogP contribution in [0.15, 0.2) is 59.5 Å². The van der Waals surface area contributed by atoms with Crippen LogP contribution in [0.5, 0.6) is 0 Å². The summed E-state index contributed by atoms with van der Waals surface area (Å²) in [5, 5.41) is 4.36. The predicted octanol–water partition coefficient (Wildman–Crippen LogP) is 4.54. The zero-order valence-electron chi connectivity index (χ0n) is 16.4. The largest absolute Gasteiger partial charge is 0.325 e. The summed E-state index contributed by atoms with van der Waals surface area (Å²) in [5.41, 5.74) is 2.75. The molecule has 1 N–H and O–H groups in total. The number of nitrogens with one attached hydrogen (secondary N) is 1. The van der Waals surface area contributed by atoms with Crippen LogP contribution >= 0.6 is 0 Å². The van der Waals surface area contributed by atoms with E-state index >= 15 is 0 Å². The topological polar surface area (TPSA) is 51.1 Å². The lowest BCUT2D eigenvalue weighted by molar-refractivity contribution is -0.115. The summed E-state index contributed by atoms with van der Waals surface area (Å²) >= 11 is 0. The first-order valence-corrected chi connectivity index (χ1v) is 9.21. The third-order valence-corrected chi connectivity index (χ3v) is 4.55. The van der Waals surface area contributed by atoms with Gasteiger partial charge in [0.2, 0.25) is 5.91 Å². The number of carbonyl (C=O) groups is 1. The van der Waals surface area contributed by atoms with Gasteiger partial charge in [-0.05, 0) is 41.7 Å². The van der Waals surface area contributed by atoms with Gasteiger partial charge in [-0.2, -0.15) is 0 Å². The molecule has 0 atom stereocenters. The minimum Gasteiger partial charge on any atom is -0.325 e. The van der Waals surface area contributed by atoms with Gasteiger partial charge >= 0.3 is 0 Å². The van der Waals surface area contributed by atoms with Gasteiger partial charge in [0.25, 0.3) is 5.56 Å². The molecule has 0 saturated carbocycles. The van der Waals surface area contributed by atoms with Gasteiger partial charge in [0.15, 0.2) is 0 Å². The smallest absolute Gasteiger partial charge is 0.258 e. The van der Waals surface area contributed by atoms with Crippen molar-refractivity contribution in [2.24, 2.45) is 5.41 Å². The fourth-order valence-electron chi connectivity index (χ4n) is 3.24. The Hall–Kier alpha value is -2.88. The summed E-state index contributed by atoms with van der Waals surface area (Å²) in [6.45, 7) is 8.95. The van der Waals surface area contributed by atoms with Crippen molar-refractivity contribution >= 4 is 22.4 Å². The van der Waals surface area contributed by atoms with Crippen LogP contribution in [0.4, 0.5) is 5.69 Å². The van der Waals surface area contributed by atoms with Crippen molar-refractivity contribution < 1.29 is 4.79 Å². The van der Waals surface area contributed by atoms with Gasteiger partial charge in [-0.1, -0.05) is 51.1 Å². The number of rotatable bonds is 4. The Kier molecular flexibility index (Phi) is 5.17. The first-order valence-electron chi connectivity index (χ1n) is 9.21. The van der Waals surface area contributed by atoms with E-state index in [1.54, 1.807) is 4.57 Å². The van der Waals surface area contributed by atoms with E-state index in [0.717, 1.165) is 16.5 Å². The Morgan fingerprint density at radius 3 is 2.44 bits per heavy atom. The van der Waals surface area contributed by atoms with Crippen LogP contribution in [0.2, 0.25) is 0 Å². The van der Waals surface area contributed by atoms with Crippen LogP contribution < -0.4 is 10.9 Å². The van der Waals surface area contributed by atoms with E-state index in [-0.39, 0.29) is 16.9 Å². The number of hydrogen-bond donors (Lipinski definition) is 1. The summed E-state index contributed by atoms with van der Waals surface area (Å²) in [6.07, 6.45) is 2.12. The number of carbonyl (C=O) groups excluding carboxylic acids is 1. The molecule has 0 aliphatic carbocycles. The molecule has 0 saturated heterocycles. The number of benzene rings is 2. The second-order valence-electron chi connectivity index (χ2n) is 8.23. The zero-order chi connectivity index (χ0) is 19.6. The summed E-state index contributed by atoms with van der Waals surface area (Å²) in [7, 11) is 0. The molecular weight excluding hydrogens is 336 g/mol. The zero-order valence-corrected chi connectivity index (χ0v) is 16.4. The standard InChI is InChI=1S/C23H26N2O2/c1-16-8-5-6-9-17(16)14-21(26)24-20-11-7-10-19-18(20)12-13-25(22(19)27)15-23(2,3)4/h5-13H,14-15H2,1-4H3,(H,24,26). The highest BCUT2D eigenvalue weighted by Gasteiger charge is 2.15. The summed E-state index contributed by atoms with van der Waals surface area (Å²) in [4.78, 5) is 25.4. The summed E-state index contributed by atoms with van der Waals surface area (Å²) in [5.74, 6) is -0.0873. The average molecular weight is 362 g/mol. The maximum absolute atomic E-state index is 12.8. The first kappa shape index (κ1) is 18.9. The molecule has 0 bridgehead atoms. The van der Waals surface area contributed by atoms with Crippen LogP contribution in [-0.2, 0) is 17.8 Å². The lowest BCUT2D eigenvalue weighted by atomic mass is 9.96. The number of anilines is 1. The van der Waals surface area contributed by atoms with E-state index in [1.807, 2.05) is 61.7 Å². The number of amides is 1. The molecule has 3 rings (SSSR count). The van der Waals surface area contributed by atoms with E-state index in [0.29, 0.717) is 24.0 Å². The molecule has 1 aromatic heterocycles. The highest BCUT2D eigenvalue weighted by atomic mass is 16.1. The Bertz CT molecular complexity index is 1040. The van der Waals surface area contributed by atoms with E-state index in [2.05, 4.69) is 26.1 Å². The van der Waals surface area contributed by atoms with Gasteiger partial charge in [-0.3, -0.25) is 9.59 Å². The second-order valence-corrected chi connectivity index (χ2v) is 8.23. The summed E-state index contributed by atoms with van der Waals surface area (Å²) in [6, 6.07) is 15.2. The molecule has 0 aliphatic rings. The second kappa shape index (κ2) is 7.39. The van der Waals surface area contributed by atoms with Crippen molar-refractivity contribution in [3.63, 3.8) is 0 Å². The SMILES string of the molecule is Cc1ccccc1CC(=O)Nc1cccc2c(=O)n(CC(C)(C)C)ccc12. The average Bonchev–Trinajstić information content (AvgIpc) is 2.59. The fourth-order valence-corrected chi connectivity index (χ4v) is 3.24. The number of hydrogen-bond acceptors (Lipinski definition) is 2. The lowest BCUT2D eigenvalue weighted by Gasteiger charge is -2.20. The molecule has 2 aromatic carbocycles. The highest BCUT2D eigenvalue weighted by Crippen LogP contribution is 2.22. The van der Waals surface area contributed by atoms with Crippen LogP contribution in [0, 0.1) is 12.3 Å². The maximum atomic E-state index is 12.8. The van der Waals surface area contributed by atoms with Gasteiger partial charge in [-0.15, -0.1) is 0 Å². The normalized spacial score (nSPS) is 11.6. The van der Waals surface area contributed by atoms with E-state index in [4.69, 9.17) is 0 Å². The van der Waals surface area contributed by atoms with Crippen molar-refractivity contribution in [1.82, 2.24) is 4.57 Å². The van der Waals surface area contributed by atoms with Crippen molar-refractivity contribution in [1.29, 1.82) is 0 Å². The molecule has 1 amide bonds. The van der Waals surface area contributed by atoms with Crippen molar-refractivity contribution in [2.45, 2.75) is 40.7 Å². The molecule has 0 spiro atoms.